The standard InChI is InChI=1S/C12H13NO3/c1-6(2)7-4-3-5-8-9(13)11(12(14)15)16-10(7)8/h3-6H,13H2,1-2H3,(H,14,15). The number of hydrogen-bond acceptors (Lipinski definition) is 3. The van der Waals surface area contributed by atoms with Gasteiger partial charge in [-0.1, -0.05) is 26.0 Å². The summed E-state index contributed by atoms with van der Waals surface area (Å²) in [4.78, 5) is 10.9. The minimum Gasteiger partial charge on any atom is -0.475 e. The molecule has 0 saturated heterocycles. The molecule has 3 N–H and O–H groups in total. The third-order valence-electron chi connectivity index (χ3n) is 2.60. The number of para-hydroxylation sites is 1. The highest BCUT2D eigenvalue weighted by Crippen LogP contribution is 2.33. The van der Waals surface area contributed by atoms with Crippen LogP contribution in [0.1, 0.15) is 35.9 Å². The average Bonchev–Trinajstić information content (AvgIpc) is 2.56. The van der Waals surface area contributed by atoms with Gasteiger partial charge in [0, 0.05) is 5.39 Å². The minimum atomic E-state index is -1.14. The first-order valence-electron chi connectivity index (χ1n) is 5.06. The Bertz CT molecular complexity index is 555. The first-order valence-corrected chi connectivity index (χ1v) is 5.06. The number of benzene rings is 1. The maximum atomic E-state index is 10.9. The molecule has 2 aromatic rings. The molecule has 0 aliphatic rings. The maximum absolute atomic E-state index is 10.9. The Labute approximate surface area is 92.7 Å². The quantitative estimate of drug-likeness (QED) is 0.814. The second-order valence-corrected chi connectivity index (χ2v) is 4.03. The molecule has 16 heavy (non-hydrogen) atoms. The highest BCUT2D eigenvalue weighted by molar-refractivity contribution is 6.03. The smallest absolute Gasteiger partial charge is 0.374 e. The van der Waals surface area contributed by atoms with Crippen LogP contribution in [0.25, 0.3) is 11.0 Å². The van der Waals surface area contributed by atoms with E-state index < -0.39 is 5.97 Å². The van der Waals surface area contributed by atoms with Crippen molar-refractivity contribution in [2.24, 2.45) is 0 Å². The Morgan fingerprint density at radius 1 is 1.44 bits per heavy atom. The van der Waals surface area contributed by atoms with E-state index in [2.05, 4.69) is 0 Å². The first kappa shape index (κ1) is 10.5. The molecular formula is C12H13NO3. The van der Waals surface area contributed by atoms with Gasteiger partial charge in [-0.3, -0.25) is 0 Å². The monoisotopic (exact) mass is 219 g/mol. The highest BCUT2D eigenvalue weighted by atomic mass is 16.4. The molecule has 0 fully saturated rings. The summed E-state index contributed by atoms with van der Waals surface area (Å²) < 4.78 is 5.33. The molecule has 0 spiro atoms. The molecular weight excluding hydrogens is 206 g/mol. The molecule has 0 aliphatic carbocycles. The van der Waals surface area contributed by atoms with Crippen molar-refractivity contribution in [1.82, 2.24) is 0 Å². The fourth-order valence-corrected chi connectivity index (χ4v) is 1.77. The van der Waals surface area contributed by atoms with Crippen LogP contribution in [0.2, 0.25) is 0 Å². The molecule has 0 radical (unpaired) electrons. The summed E-state index contributed by atoms with van der Waals surface area (Å²) in [6, 6.07) is 5.54. The number of furan rings is 1. The number of nitrogens with two attached hydrogens (primary N) is 1. The summed E-state index contributed by atoms with van der Waals surface area (Å²) in [6.45, 7) is 4.04. The summed E-state index contributed by atoms with van der Waals surface area (Å²) >= 11 is 0. The number of anilines is 1. The Hall–Kier alpha value is -1.97. The number of hydrogen-bond donors (Lipinski definition) is 2. The van der Waals surface area contributed by atoms with E-state index in [9.17, 15) is 4.79 Å². The van der Waals surface area contributed by atoms with Crippen molar-refractivity contribution in [2.75, 3.05) is 5.73 Å². The van der Waals surface area contributed by atoms with Gasteiger partial charge in [-0.05, 0) is 17.5 Å². The molecule has 1 aromatic carbocycles. The fourth-order valence-electron chi connectivity index (χ4n) is 1.77. The Morgan fingerprint density at radius 2 is 2.12 bits per heavy atom. The summed E-state index contributed by atoms with van der Waals surface area (Å²) in [6.07, 6.45) is 0. The molecule has 4 nitrogen and oxygen atoms in total. The third kappa shape index (κ3) is 1.43. The molecule has 0 saturated carbocycles. The van der Waals surface area contributed by atoms with Gasteiger partial charge in [0.05, 0.1) is 5.69 Å². The summed E-state index contributed by atoms with van der Waals surface area (Å²) in [7, 11) is 0. The number of rotatable bonds is 2. The molecule has 0 unspecified atom stereocenters. The van der Waals surface area contributed by atoms with Crippen molar-refractivity contribution in [3.63, 3.8) is 0 Å². The maximum Gasteiger partial charge on any atom is 0.374 e. The van der Waals surface area contributed by atoms with E-state index in [1.165, 1.54) is 0 Å². The zero-order chi connectivity index (χ0) is 11.9. The lowest BCUT2D eigenvalue weighted by Gasteiger charge is -2.04. The van der Waals surface area contributed by atoms with Crippen molar-refractivity contribution in [3.8, 4) is 0 Å². The van der Waals surface area contributed by atoms with E-state index in [1.807, 2.05) is 26.0 Å². The molecule has 0 atom stereocenters. The second-order valence-electron chi connectivity index (χ2n) is 4.03. The fraction of sp³-hybridized carbons (Fsp3) is 0.250. The van der Waals surface area contributed by atoms with Gasteiger partial charge in [-0.25, -0.2) is 4.79 Å². The molecule has 84 valence electrons. The first-order chi connectivity index (χ1) is 7.52. The van der Waals surface area contributed by atoms with E-state index in [-0.39, 0.29) is 17.4 Å². The van der Waals surface area contributed by atoms with Crippen molar-refractivity contribution < 1.29 is 14.3 Å². The molecule has 0 bridgehead atoms. The van der Waals surface area contributed by atoms with Crippen molar-refractivity contribution in [2.45, 2.75) is 19.8 Å². The second kappa shape index (κ2) is 3.56. The van der Waals surface area contributed by atoms with Crippen LogP contribution in [0.5, 0.6) is 0 Å². The summed E-state index contributed by atoms with van der Waals surface area (Å²) in [5.41, 5.74) is 7.48. The largest absolute Gasteiger partial charge is 0.475 e. The summed E-state index contributed by atoms with van der Waals surface area (Å²) in [5, 5.41) is 9.59. The van der Waals surface area contributed by atoms with Gasteiger partial charge in [-0.2, -0.15) is 0 Å². The molecule has 1 heterocycles. The normalized spacial score (nSPS) is 11.2. The average molecular weight is 219 g/mol. The minimum absolute atomic E-state index is 0.178. The van der Waals surface area contributed by atoms with Crippen molar-refractivity contribution >= 4 is 22.6 Å². The van der Waals surface area contributed by atoms with Gasteiger partial charge in [-0.15, -0.1) is 0 Å². The van der Waals surface area contributed by atoms with Crippen LogP contribution >= 0.6 is 0 Å². The van der Waals surface area contributed by atoms with Crippen LogP contribution in [0.15, 0.2) is 22.6 Å². The van der Waals surface area contributed by atoms with Gasteiger partial charge in [0.15, 0.2) is 0 Å². The van der Waals surface area contributed by atoms with E-state index in [1.54, 1.807) is 6.07 Å². The Balaban J connectivity index is 2.80. The predicted octanol–water partition coefficient (Wildman–Crippen LogP) is 2.84. The SMILES string of the molecule is CC(C)c1cccc2c(N)c(C(=O)O)oc12. The van der Waals surface area contributed by atoms with Gasteiger partial charge in [0.1, 0.15) is 5.58 Å². The number of carboxylic acids is 1. The van der Waals surface area contributed by atoms with E-state index >= 15 is 0 Å². The Morgan fingerprint density at radius 3 is 2.69 bits per heavy atom. The topological polar surface area (TPSA) is 76.5 Å². The van der Waals surface area contributed by atoms with Crippen molar-refractivity contribution in [3.05, 3.63) is 29.5 Å². The van der Waals surface area contributed by atoms with Crippen LogP contribution in [-0.2, 0) is 0 Å². The lowest BCUT2D eigenvalue weighted by Crippen LogP contribution is -1.98. The van der Waals surface area contributed by atoms with Crippen LogP contribution in [0.3, 0.4) is 0 Å². The van der Waals surface area contributed by atoms with Gasteiger partial charge in [0.2, 0.25) is 5.76 Å². The highest BCUT2D eigenvalue weighted by Gasteiger charge is 2.19. The van der Waals surface area contributed by atoms with E-state index in [0.717, 1.165) is 5.56 Å². The van der Waals surface area contributed by atoms with E-state index in [0.29, 0.717) is 11.0 Å². The van der Waals surface area contributed by atoms with Crippen LogP contribution in [0, 0.1) is 0 Å². The molecule has 0 amide bonds. The molecule has 1 aromatic heterocycles. The van der Waals surface area contributed by atoms with Crippen LogP contribution in [0.4, 0.5) is 5.69 Å². The predicted molar refractivity (Wildman–Crippen MR) is 61.7 cm³/mol. The number of carbonyl (C=O) groups is 1. The van der Waals surface area contributed by atoms with Crippen LogP contribution in [-0.4, -0.2) is 11.1 Å². The molecule has 2 rings (SSSR count). The lowest BCUT2D eigenvalue weighted by molar-refractivity contribution is 0.0666. The number of carboxylic acid groups (broad SMARTS) is 1. The molecule has 0 aliphatic heterocycles. The van der Waals surface area contributed by atoms with Gasteiger partial charge in [0.25, 0.3) is 0 Å². The van der Waals surface area contributed by atoms with Crippen LogP contribution < -0.4 is 5.73 Å². The number of aromatic carboxylic acids is 1. The van der Waals surface area contributed by atoms with Gasteiger partial charge >= 0.3 is 5.97 Å². The zero-order valence-corrected chi connectivity index (χ0v) is 9.15. The number of fused-ring (bicyclic) bond motifs is 1. The zero-order valence-electron chi connectivity index (χ0n) is 9.15. The lowest BCUT2D eigenvalue weighted by atomic mass is 10.0. The van der Waals surface area contributed by atoms with Gasteiger partial charge < -0.3 is 15.3 Å². The summed E-state index contributed by atoms with van der Waals surface area (Å²) in [5.74, 6) is -1.05. The van der Waals surface area contributed by atoms with E-state index in [4.69, 9.17) is 15.3 Å². The number of nitrogen functional groups attached to an aromatic ring is 1. The Kier molecular flexibility index (Phi) is 2.34. The third-order valence-corrected chi connectivity index (χ3v) is 2.60. The molecule has 4 heteroatoms. The van der Waals surface area contributed by atoms with Crippen molar-refractivity contribution in [1.29, 1.82) is 0 Å².